The third-order valence-corrected chi connectivity index (χ3v) is 9.17. The molecule has 234 valence electrons. The maximum Gasteiger partial charge on any atom is 0.338 e. The van der Waals surface area contributed by atoms with Crippen molar-refractivity contribution in [2.75, 3.05) is 20.8 Å². The predicted octanol–water partition coefficient (Wildman–Crippen LogP) is 6.43. The lowest BCUT2D eigenvalue weighted by molar-refractivity contribution is -0.139. The van der Waals surface area contributed by atoms with E-state index in [9.17, 15) is 9.59 Å². The topological polar surface area (TPSA) is 88.4 Å². The van der Waals surface area contributed by atoms with E-state index < -0.39 is 12.0 Å². The van der Waals surface area contributed by atoms with Crippen molar-refractivity contribution in [2.24, 2.45) is 4.99 Å². The number of hydrogen-bond acceptors (Lipinski definition) is 8. The molecule has 0 radical (unpaired) electrons. The van der Waals surface area contributed by atoms with E-state index in [1.165, 1.54) is 15.9 Å². The predicted molar refractivity (Wildman–Crippen MR) is 184 cm³/mol. The van der Waals surface area contributed by atoms with Crippen LogP contribution >= 0.6 is 45.5 Å². The maximum absolute atomic E-state index is 14.2. The van der Waals surface area contributed by atoms with Gasteiger partial charge in [-0.25, -0.2) is 9.79 Å². The molecule has 0 amide bonds. The number of hydrogen-bond donors (Lipinski definition) is 0. The van der Waals surface area contributed by atoms with E-state index in [1.54, 1.807) is 45.4 Å². The van der Waals surface area contributed by atoms with E-state index in [-0.39, 0.29) is 12.2 Å². The number of benzene rings is 3. The molecule has 0 saturated heterocycles. The largest absolute Gasteiger partial charge is 0.496 e. The summed E-state index contributed by atoms with van der Waals surface area (Å²) in [4.78, 5) is 33.0. The van der Waals surface area contributed by atoms with Gasteiger partial charge in [0.1, 0.15) is 18.4 Å². The fourth-order valence-corrected chi connectivity index (χ4v) is 7.16. The molecule has 0 unspecified atom stereocenters. The van der Waals surface area contributed by atoms with Crippen LogP contribution in [0.15, 0.2) is 81.7 Å². The van der Waals surface area contributed by atoms with Gasteiger partial charge in [0, 0.05) is 10.6 Å². The fraction of sp³-hybridized carbons (Fsp3) is 0.265. The number of esters is 1. The van der Waals surface area contributed by atoms with Gasteiger partial charge in [0.15, 0.2) is 16.3 Å². The number of aromatic nitrogens is 1. The first-order chi connectivity index (χ1) is 21.8. The van der Waals surface area contributed by atoms with E-state index in [1.807, 2.05) is 49.4 Å². The Labute approximate surface area is 283 Å². The molecule has 0 bridgehead atoms. The summed E-state index contributed by atoms with van der Waals surface area (Å²) in [7, 11) is 3.13. The van der Waals surface area contributed by atoms with Crippen LogP contribution in [0.1, 0.15) is 49.4 Å². The van der Waals surface area contributed by atoms with Crippen molar-refractivity contribution in [3.8, 4) is 17.2 Å². The van der Waals surface area contributed by atoms with Crippen molar-refractivity contribution in [2.45, 2.75) is 39.3 Å². The highest BCUT2D eigenvalue weighted by Gasteiger charge is 2.36. The summed E-state index contributed by atoms with van der Waals surface area (Å²) >= 11 is 9.91. The first-order valence-electron chi connectivity index (χ1n) is 14.4. The van der Waals surface area contributed by atoms with Gasteiger partial charge in [-0.15, -0.1) is 0 Å². The van der Waals surface area contributed by atoms with Crippen molar-refractivity contribution >= 4 is 57.6 Å². The molecule has 0 fully saturated rings. The second-order valence-corrected chi connectivity index (χ2v) is 12.7. The SMILES string of the molecule is CCCC1=C(C(=O)OCC)[C@H](c2cc(Cl)ccc2OC)n2c(s/c(=C/c3cc(I)c(OCc4ccccc4)c(OC)c3)c2=O)=N1. The normalized spacial score (nSPS) is 14.5. The van der Waals surface area contributed by atoms with Gasteiger partial charge < -0.3 is 18.9 Å². The molecular weight excluding hydrogens is 727 g/mol. The minimum atomic E-state index is -0.846. The summed E-state index contributed by atoms with van der Waals surface area (Å²) in [6.45, 7) is 4.33. The van der Waals surface area contributed by atoms with Crippen LogP contribution in [0.3, 0.4) is 0 Å². The van der Waals surface area contributed by atoms with Crippen molar-refractivity contribution in [1.29, 1.82) is 0 Å². The second kappa shape index (κ2) is 14.7. The Kier molecular flexibility index (Phi) is 10.7. The van der Waals surface area contributed by atoms with Gasteiger partial charge in [-0.2, -0.15) is 0 Å². The molecule has 4 aromatic rings. The summed E-state index contributed by atoms with van der Waals surface area (Å²) < 4.78 is 25.8. The van der Waals surface area contributed by atoms with Gasteiger partial charge in [0.05, 0.1) is 40.2 Å². The number of methoxy groups -OCH3 is 2. The molecule has 45 heavy (non-hydrogen) atoms. The zero-order chi connectivity index (χ0) is 32.1. The lowest BCUT2D eigenvalue weighted by Crippen LogP contribution is -2.40. The summed E-state index contributed by atoms with van der Waals surface area (Å²) in [5, 5.41) is 0.446. The number of carbonyl (C=O) groups excluding carboxylic acids is 1. The zero-order valence-electron chi connectivity index (χ0n) is 25.3. The van der Waals surface area contributed by atoms with Crippen molar-refractivity contribution in [3.05, 3.63) is 117 Å². The third kappa shape index (κ3) is 6.97. The number of halogens is 2. The monoisotopic (exact) mass is 758 g/mol. The van der Waals surface area contributed by atoms with Crippen molar-refractivity contribution in [1.82, 2.24) is 4.57 Å². The van der Waals surface area contributed by atoms with Crippen molar-refractivity contribution < 1.29 is 23.7 Å². The van der Waals surface area contributed by atoms with E-state index in [0.717, 1.165) is 21.1 Å². The second-order valence-electron chi connectivity index (χ2n) is 10.1. The molecule has 0 saturated carbocycles. The summed E-state index contributed by atoms with van der Waals surface area (Å²) in [5.74, 6) is 1.13. The molecule has 3 aromatic carbocycles. The molecule has 1 aliphatic heterocycles. The molecule has 0 aliphatic carbocycles. The first kappa shape index (κ1) is 32.8. The van der Waals surface area contributed by atoms with Crippen LogP contribution in [0.2, 0.25) is 5.02 Å². The standard InChI is InChI=1S/C34H32ClIN2O6S/c1-5-10-25-29(33(40)43-6-2)30(23-18-22(35)13-14-26(23)41-3)38-32(39)28(45-34(38)37-25)17-21-15-24(36)31(27(16-21)42-4)44-19-20-11-8-7-9-12-20/h7-9,11-18,30H,5-6,10,19H2,1-4H3/b28-17+/t30-/m0/s1. The van der Waals surface area contributed by atoms with Gasteiger partial charge >= 0.3 is 5.97 Å². The zero-order valence-corrected chi connectivity index (χ0v) is 29.0. The average molecular weight is 759 g/mol. The summed E-state index contributed by atoms with van der Waals surface area (Å²) in [5.41, 5.74) is 2.93. The Morgan fingerprint density at radius 2 is 1.82 bits per heavy atom. The molecule has 2 heterocycles. The van der Waals surface area contributed by atoms with E-state index in [2.05, 4.69) is 22.6 Å². The van der Waals surface area contributed by atoms with Gasteiger partial charge in [0.25, 0.3) is 5.56 Å². The fourth-order valence-electron chi connectivity index (χ4n) is 5.18. The lowest BCUT2D eigenvalue weighted by atomic mass is 9.93. The lowest BCUT2D eigenvalue weighted by Gasteiger charge is -2.27. The van der Waals surface area contributed by atoms with Gasteiger partial charge in [-0.1, -0.05) is 66.6 Å². The highest BCUT2D eigenvalue weighted by molar-refractivity contribution is 14.1. The highest BCUT2D eigenvalue weighted by atomic mass is 127. The number of nitrogens with zero attached hydrogens (tertiary/aromatic N) is 2. The van der Waals surface area contributed by atoms with E-state index in [0.29, 0.717) is 61.5 Å². The van der Waals surface area contributed by atoms with Crippen LogP contribution in [0.4, 0.5) is 0 Å². The number of rotatable bonds is 11. The Morgan fingerprint density at radius 3 is 2.51 bits per heavy atom. The molecule has 5 rings (SSSR count). The number of thiazole rings is 1. The Balaban J connectivity index is 1.66. The molecular formula is C34H32ClIN2O6S. The quantitative estimate of drug-likeness (QED) is 0.130. The number of fused-ring (bicyclic) bond motifs is 1. The molecule has 0 N–H and O–H groups in total. The molecule has 11 heteroatoms. The Morgan fingerprint density at radius 1 is 1.07 bits per heavy atom. The Bertz CT molecular complexity index is 1940. The van der Waals surface area contributed by atoms with Gasteiger partial charge in [-0.05, 0) is 83.5 Å². The Hall–Kier alpha value is -3.61. The van der Waals surface area contributed by atoms with Crippen LogP contribution in [-0.2, 0) is 16.1 Å². The minimum absolute atomic E-state index is 0.178. The van der Waals surface area contributed by atoms with Crippen LogP contribution in [-0.4, -0.2) is 31.4 Å². The van der Waals surface area contributed by atoms with Crippen LogP contribution in [0.5, 0.6) is 17.2 Å². The van der Waals surface area contributed by atoms with Crippen molar-refractivity contribution in [3.63, 3.8) is 0 Å². The molecule has 1 aromatic heterocycles. The van der Waals surface area contributed by atoms with Crippen LogP contribution < -0.4 is 29.1 Å². The first-order valence-corrected chi connectivity index (χ1v) is 16.7. The molecule has 8 nitrogen and oxygen atoms in total. The smallest absolute Gasteiger partial charge is 0.338 e. The van der Waals surface area contributed by atoms with Crippen LogP contribution in [0, 0.1) is 3.57 Å². The number of carbonyl (C=O) groups is 1. The van der Waals surface area contributed by atoms with E-state index >= 15 is 0 Å². The summed E-state index contributed by atoms with van der Waals surface area (Å²) in [6.07, 6.45) is 3.07. The summed E-state index contributed by atoms with van der Waals surface area (Å²) in [6, 6.07) is 18.0. The molecule has 0 spiro atoms. The number of ether oxygens (including phenoxy) is 4. The minimum Gasteiger partial charge on any atom is -0.496 e. The molecule has 1 aliphatic rings. The number of allylic oxidation sites excluding steroid dienone is 1. The highest BCUT2D eigenvalue weighted by Crippen LogP contribution is 2.38. The van der Waals surface area contributed by atoms with Gasteiger partial charge in [-0.3, -0.25) is 9.36 Å². The maximum atomic E-state index is 14.2. The van der Waals surface area contributed by atoms with Gasteiger partial charge in [0.2, 0.25) is 0 Å². The average Bonchev–Trinajstić information content (AvgIpc) is 3.34. The molecule has 1 atom stereocenters. The third-order valence-electron chi connectivity index (χ3n) is 7.15. The van der Waals surface area contributed by atoms with E-state index in [4.69, 9.17) is 35.5 Å². The van der Waals surface area contributed by atoms with Crippen LogP contribution in [0.25, 0.3) is 6.08 Å².